The number of carbonyl (C=O) groups is 1. The van der Waals surface area contributed by atoms with Gasteiger partial charge in [-0.25, -0.2) is 4.79 Å². The van der Waals surface area contributed by atoms with Crippen LogP contribution in [-0.2, 0) is 4.79 Å². The van der Waals surface area contributed by atoms with E-state index in [4.69, 9.17) is 5.11 Å². The number of allylic oxidation sites excluding steroid dienone is 1. The Labute approximate surface area is 75.2 Å². The van der Waals surface area contributed by atoms with E-state index in [0.29, 0.717) is 0 Å². The van der Waals surface area contributed by atoms with Crippen LogP contribution in [0.15, 0.2) is 23.6 Å². The maximum absolute atomic E-state index is 10.4. The Morgan fingerprint density at radius 3 is 2.92 bits per heavy atom. The van der Waals surface area contributed by atoms with Crippen molar-refractivity contribution in [2.45, 2.75) is 13.3 Å². The summed E-state index contributed by atoms with van der Waals surface area (Å²) < 4.78 is 0. The molecule has 0 aliphatic heterocycles. The van der Waals surface area contributed by atoms with Crippen LogP contribution in [0.25, 0.3) is 5.57 Å². The van der Waals surface area contributed by atoms with E-state index >= 15 is 0 Å². The molecule has 0 radical (unpaired) electrons. The van der Waals surface area contributed by atoms with Gasteiger partial charge in [0.15, 0.2) is 0 Å². The van der Waals surface area contributed by atoms with Gasteiger partial charge in [0, 0.05) is 11.0 Å². The molecule has 0 aromatic carbocycles. The molecule has 3 heteroatoms. The number of carboxylic acids is 1. The highest BCUT2D eigenvalue weighted by Gasteiger charge is 2.01. The lowest BCUT2D eigenvalue weighted by atomic mass is 10.1. The first-order valence-electron chi connectivity index (χ1n) is 3.71. The quantitative estimate of drug-likeness (QED) is 0.729. The zero-order valence-corrected chi connectivity index (χ0v) is 7.60. The van der Waals surface area contributed by atoms with Crippen molar-refractivity contribution in [2.24, 2.45) is 0 Å². The highest BCUT2D eigenvalue weighted by molar-refractivity contribution is 7.11. The van der Waals surface area contributed by atoms with Crippen LogP contribution in [-0.4, -0.2) is 11.1 Å². The third-order valence-corrected chi connectivity index (χ3v) is 2.46. The van der Waals surface area contributed by atoms with Gasteiger partial charge in [-0.05, 0) is 23.4 Å². The van der Waals surface area contributed by atoms with E-state index in [1.807, 2.05) is 24.4 Å². The van der Waals surface area contributed by atoms with Gasteiger partial charge >= 0.3 is 5.97 Å². The molecule has 0 bridgehead atoms. The minimum absolute atomic E-state index is 0.757. The Bertz CT molecular complexity index is 285. The topological polar surface area (TPSA) is 37.3 Å². The molecule has 0 saturated heterocycles. The van der Waals surface area contributed by atoms with Crippen molar-refractivity contribution < 1.29 is 9.90 Å². The fraction of sp³-hybridized carbons (Fsp3) is 0.222. The van der Waals surface area contributed by atoms with Crippen LogP contribution in [0.3, 0.4) is 0 Å². The predicted octanol–water partition coefficient (Wildman–Crippen LogP) is 2.63. The third kappa shape index (κ3) is 2.20. The van der Waals surface area contributed by atoms with Gasteiger partial charge in [-0.1, -0.05) is 13.0 Å². The van der Waals surface area contributed by atoms with Crippen LogP contribution in [0.2, 0.25) is 0 Å². The molecule has 0 aliphatic carbocycles. The highest BCUT2D eigenvalue weighted by Crippen LogP contribution is 2.22. The average Bonchev–Trinajstić information content (AvgIpc) is 2.51. The van der Waals surface area contributed by atoms with Gasteiger partial charge in [0.2, 0.25) is 0 Å². The summed E-state index contributed by atoms with van der Waals surface area (Å²) in [6, 6.07) is 3.86. The molecule has 2 nitrogen and oxygen atoms in total. The maximum Gasteiger partial charge on any atom is 0.328 e. The van der Waals surface area contributed by atoms with Gasteiger partial charge in [-0.15, -0.1) is 11.3 Å². The first-order valence-corrected chi connectivity index (χ1v) is 4.59. The number of thiophene rings is 1. The summed E-state index contributed by atoms with van der Waals surface area (Å²) >= 11 is 1.57. The number of rotatable bonds is 3. The molecule has 1 rings (SSSR count). The fourth-order valence-electron chi connectivity index (χ4n) is 0.958. The molecule has 1 heterocycles. The van der Waals surface area contributed by atoms with E-state index in [-0.39, 0.29) is 0 Å². The summed E-state index contributed by atoms with van der Waals surface area (Å²) in [7, 11) is 0. The summed E-state index contributed by atoms with van der Waals surface area (Å²) in [5.41, 5.74) is 0.887. The van der Waals surface area contributed by atoms with Crippen LogP contribution in [0.4, 0.5) is 0 Å². The number of aliphatic carboxylic acids is 1. The van der Waals surface area contributed by atoms with Gasteiger partial charge in [0.25, 0.3) is 0 Å². The Morgan fingerprint density at radius 2 is 2.50 bits per heavy atom. The van der Waals surface area contributed by atoms with Crippen molar-refractivity contribution in [3.8, 4) is 0 Å². The van der Waals surface area contributed by atoms with Gasteiger partial charge in [0.05, 0.1) is 0 Å². The molecule has 0 saturated carbocycles. The smallest absolute Gasteiger partial charge is 0.328 e. The average molecular weight is 182 g/mol. The molecule has 0 aliphatic rings. The van der Waals surface area contributed by atoms with Crippen molar-refractivity contribution in [1.29, 1.82) is 0 Å². The molecule has 1 aromatic heterocycles. The van der Waals surface area contributed by atoms with Crippen molar-refractivity contribution >= 4 is 22.9 Å². The summed E-state index contributed by atoms with van der Waals surface area (Å²) in [6.45, 7) is 1.95. The van der Waals surface area contributed by atoms with Gasteiger partial charge in [-0.3, -0.25) is 0 Å². The summed E-state index contributed by atoms with van der Waals surface area (Å²) in [5, 5.41) is 10.5. The molecular weight excluding hydrogens is 172 g/mol. The van der Waals surface area contributed by atoms with E-state index < -0.39 is 5.97 Å². The van der Waals surface area contributed by atoms with Crippen molar-refractivity contribution in [2.75, 3.05) is 0 Å². The zero-order chi connectivity index (χ0) is 8.97. The molecule has 0 atom stereocenters. The highest BCUT2D eigenvalue weighted by atomic mass is 32.1. The van der Waals surface area contributed by atoms with Crippen LogP contribution < -0.4 is 0 Å². The monoisotopic (exact) mass is 182 g/mol. The summed E-state index contributed by atoms with van der Waals surface area (Å²) in [5.74, 6) is -0.875. The molecule has 0 spiro atoms. The van der Waals surface area contributed by atoms with E-state index in [1.165, 1.54) is 6.08 Å². The van der Waals surface area contributed by atoms with Crippen molar-refractivity contribution in [1.82, 2.24) is 0 Å². The first-order chi connectivity index (χ1) is 5.74. The Morgan fingerprint density at radius 1 is 1.75 bits per heavy atom. The van der Waals surface area contributed by atoms with Gasteiger partial charge in [0.1, 0.15) is 0 Å². The van der Waals surface area contributed by atoms with E-state index in [0.717, 1.165) is 16.9 Å². The number of carboxylic acid groups (broad SMARTS) is 1. The maximum atomic E-state index is 10.4. The fourth-order valence-corrected chi connectivity index (χ4v) is 1.77. The Hall–Kier alpha value is -1.09. The minimum Gasteiger partial charge on any atom is -0.478 e. The molecule has 0 unspecified atom stereocenters. The third-order valence-electron chi connectivity index (χ3n) is 1.52. The second kappa shape index (κ2) is 4.07. The molecular formula is C9H10O2S. The van der Waals surface area contributed by atoms with E-state index in [2.05, 4.69) is 0 Å². The van der Waals surface area contributed by atoms with Crippen LogP contribution in [0, 0.1) is 0 Å². The Kier molecular flexibility index (Phi) is 3.05. The molecule has 64 valence electrons. The molecule has 12 heavy (non-hydrogen) atoms. The lowest BCUT2D eigenvalue weighted by molar-refractivity contribution is -0.131. The largest absolute Gasteiger partial charge is 0.478 e. The number of hydrogen-bond donors (Lipinski definition) is 1. The second-order valence-electron chi connectivity index (χ2n) is 2.34. The lowest BCUT2D eigenvalue weighted by Crippen LogP contribution is -1.89. The van der Waals surface area contributed by atoms with E-state index in [9.17, 15) is 4.79 Å². The van der Waals surface area contributed by atoms with Gasteiger partial charge < -0.3 is 5.11 Å². The van der Waals surface area contributed by atoms with Crippen molar-refractivity contribution in [3.63, 3.8) is 0 Å². The zero-order valence-electron chi connectivity index (χ0n) is 6.78. The molecule has 1 N–H and O–H groups in total. The molecule has 1 aromatic rings. The molecule has 0 amide bonds. The standard InChI is InChI=1S/C9H10O2S/c1-2-7(6-9(10)11)8-4-3-5-12-8/h3-6H,2H2,1H3,(H,10,11)/b7-6+. The predicted molar refractivity (Wildman–Crippen MR) is 50.2 cm³/mol. The molecule has 0 fully saturated rings. The Balaban J connectivity index is 2.91. The minimum atomic E-state index is -0.875. The number of hydrogen-bond acceptors (Lipinski definition) is 2. The van der Waals surface area contributed by atoms with Crippen LogP contribution in [0.1, 0.15) is 18.2 Å². The van der Waals surface area contributed by atoms with Crippen molar-refractivity contribution in [3.05, 3.63) is 28.5 Å². The first kappa shape index (κ1) is 9.00. The van der Waals surface area contributed by atoms with E-state index in [1.54, 1.807) is 11.3 Å². The van der Waals surface area contributed by atoms with Gasteiger partial charge in [-0.2, -0.15) is 0 Å². The lowest BCUT2D eigenvalue weighted by Gasteiger charge is -1.97. The van der Waals surface area contributed by atoms with Crippen LogP contribution >= 0.6 is 11.3 Å². The summed E-state index contributed by atoms with van der Waals surface area (Å²) in [4.78, 5) is 11.4. The van der Waals surface area contributed by atoms with Crippen LogP contribution in [0.5, 0.6) is 0 Å². The summed E-state index contributed by atoms with van der Waals surface area (Å²) in [6.07, 6.45) is 2.03. The SMILES string of the molecule is CC/C(=C\C(=O)O)c1cccs1. The normalized spacial score (nSPS) is 11.6. The second-order valence-corrected chi connectivity index (χ2v) is 3.29.